The average molecular weight is 214 g/mol. The molecule has 0 radical (unpaired) electrons. The minimum atomic E-state index is -3.29. The molecule has 0 aromatic heterocycles. The number of carbonyl (C=O) groups is 1. The number of carbonyl (C=O) groups excluding carboxylic acids is 1. The van der Waals surface area contributed by atoms with Crippen molar-refractivity contribution in [2.45, 2.75) is 19.8 Å². The molecule has 0 aliphatic heterocycles. The zero-order chi connectivity index (χ0) is 9.61. The molecule has 0 bridgehead atoms. The van der Waals surface area contributed by atoms with Crippen LogP contribution in [0.4, 0.5) is 0 Å². The third-order valence-corrected chi connectivity index (χ3v) is 2.74. The second-order valence-electron chi connectivity index (χ2n) is 2.35. The lowest BCUT2D eigenvalue weighted by Gasteiger charge is -2.02. The fraction of sp³-hybridized carbons (Fsp3) is 0.833. The summed E-state index contributed by atoms with van der Waals surface area (Å²) < 4.78 is 24.0. The maximum Gasteiger partial charge on any atom is 0.236 e. The third-order valence-electron chi connectivity index (χ3n) is 1.20. The molecule has 0 rings (SSSR count). The van der Waals surface area contributed by atoms with E-state index in [0.717, 1.165) is 6.42 Å². The van der Waals surface area contributed by atoms with Crippen molar-refractivity contribution < 1.29 is 13.2 Å². The molecule has 0 aromatic carbocycles. The van der Waals surface area contributed by atoms with E-state index < -0.39 is 15.3 Å². The summed E-state index contributed by atoms with van der Waals surface area (Å²) in [5, 5.41) is -0.699. The van der Waals surface area contributed by atoms with E-state index in [1.165, 1.54) is 0 Å². The van der Waals surface area contributed by atoms with Gasteiger partial charge in [0.2, 0.25) is 15.3 Å². The number of halogens is 1. The second kappa shape index (κ2) is 5.50. The molecule has 0 spiro atoms. The summed E-state index contributed by atoms with van der Waals surface area (Å²) in [6.45, 7) is 1.57. The van der Waals surface area contributed by atoms with Crippen molar-refractivity contribution in [3.05, 3.63) is 0 Å². The van der Waals surface area contributed by atoms with Gasteiger partial charge in [0.15, 0.2) is 0 Å². The number of unbranched alkanes of at least 4 members (excludes halogenated alkanes) is 1. The molecule has 0 amide bonds. The Labute approximate surface area is 77.3 Å². The predicted molar refractivity (Wildman–Crippen MR) is 47.6 cm³/mol. The van der Waals surface area contributed by atoms with Gasteiger partial charge >= 0.3 is 0 Å². The first-order chi connectivity index (χ1) is 5.48. The van der Waals surface area contributed by atoms with Crippen molar-refractivity contribution in [1.82, 2.24) is 4.72 Å². The van der Waals surface area contributed by atoms with Crippen LogP contribution in [0.2, 0.25) is 0 Å². The normalized spacial score (nSPS) is 11.5. The quantitative estimate of drug-likeness (QED) is 0.653. The van der Waals surface area contributed by atoms with Gasteiger partial charge in [-0.25, -0.2) is 13.1 Å². The van der Waals surface area contributed by atoms with Gasteiger partial charge in [-0.3, -0.25) is 4.79 Å². The number of rotatable bonds is 6. The zero-order valence-corrected chi connectivity index (χ0v) is 8.41. The summed E-state index contributed by atoms with van der Waals surface area (Å²) in [4.78, 5) is 10.2. The van der Waals surface area contributed by atoms with Gasteiger partial charge in [-0.1, -0.05) is 13.3 Å². The van der Waals surface area contributed by atoms with Gasteiger partial charge in [-0.15, -0.1) is 0 Å². The smallest absolute Gasteiger partial charge is 0.236 e. The molecule has 0 saturated heterocycles. The summed E-state index contributed by atoms with van der Waals surface area (Å²) in [6, 6.07) is 0. The molecular formula is C6H12ClNO3S. The van der Waals surface area contributed by atoms with Gasteiger partial charge < -0.3 is 0 Å². The minimum Gasteiger partial charge on any atom is -0.280 e. The third kappa shape index (κ3) is 6.57. The van der Waals surface area contributed by atoms with Gasteiger partial charge in [-0.05, 0) is 18.0 Å². The molecule has 0 heterocycles. The first-order valence-corrected chi connectivity index (χ1v) is 5.66. The number of hydrogen-bond donors (Lipinski definition) is 1. The first kappa shape index (κ1) is 11.9. The highest BCUT2D eigenvalue weighted by molar-refractivity contribution is 7.89. The lowest BCUT2D eigenvalue weighted by atomic mass is 10.4. The van der Waals surface area contributed by atoms with Crippen LogP contribution in [0.1, 0.15) is 19.8 Å². The SMILES string of the molecule is CCCCS(=O)(=O)NCC(=O)Cl. The van der Waals surface area contributed by atoms with Crippen LogP contribution in [-0.2, 0) is 14.8 Å². The topological polar surface area (TPSA) is 63.2 Å². The van der Waals surface area contributed by atoms with Crippen LogP contribution in [0.5, 0.6) is 0 Å². The Morgan fingerprint density at radius 1 is 1.50 bits per heavy atom. The summed E-state index contributed by atoms with van der Waals surface area (Å²) >= 11 is 4.95. The largest absolute Gasteiger partial charge is 0.280 e. The molecule has 0 aromatic rings. The Hall–Kier alpha value is -0.130. The van der Waals surface area contributed by atoms with Gasteiger partial charge in [-0.2, -0.15) is 0 Å². The van der Waals surface area contributed by atoms with E-state index in [-0.39, 0.29) is 12.3 Å². The molecule has 0 aliphatic carbocycles. The van der Waals surface area contributed by atoms with Crippen LogP contribution < -0.4 is 4.72 Å². The average Bonchev–Trinajstić information content (AvgIpc) is 1.98. The van der Waals surface area contributed by atoms with Crippen molar-refractivity contribution in [3.8, 4) is 0 Å². The highest BCUT2D eigenvalue weighted by Gasteiger charge is 2.09. The fourth-order valence-corrected chi connectivity index (χ4v) is 1.88. The fourth-order valence-electron chi connectivity index (χ4n) is 0.573. The molecule has 0 fully saturated rings. The van der Waals surface area contributed by atoms with Crippen LogP contribution in [0.3, 0.4) is 0 Å². The van der Waals surface area contributed by atoms with Crippen LogP contribution in [0.25, 0.3) is 0 Å². The van der Waals surface area contributed by atoms with Crippen molar-refractivity contribution in [3.63, 3.8) is 0 Å². The standard InChI is InChI=1S/C6H12ClNO3S/c1-2-3-4-12(10,11)8-5-6(7)9/h8H,2-5H2,1H3. The number of nitrogens with one attached hydrogen (secondary N) is 1. The molecule has 72 valence electrons. The van der Waals surface area contributed by atoms with E-state index in [4.69, 9.17) is 11.6 Å². The van der Waals surface area contributed by atoms with Crippen LogP contribution in [0, 0.1) is 0 Å². The molecule has 4 nitrogen and oxygen atoms in total. The van der Waals surface area contributed by atoms with Crippen molar-refractivity contribution in [1.29, 1.82) is 0 Å². The van der Waals surface area contributed by atoms with Crippen molar-refractivity contribution in [2.24, 2.45) is 0 Å². The Balaban J connectivity index is 3.80. The summed E-state index contributed by atoms with van der Waals surface area (Å²) in [5.74, 6) is 0.0493. The van der Waals surface area contributed by atoms with E-state index in [1.54, 1.807) is 0 Å². The van der Waals surface area contributed by atoms with E-state index in [9.17, 15) is 13.2 Å². The monoisotopic (exact) mass is 213 g/mol. The van der Waals surface area contributed by atoms with E-state index in [1.807, 2.05) is 6.92 Å². The molecule has 0 aliphatic rings. The lowest BCUT2D eigenvalue weighted by Crippen LogP contribution is -2.29. The van der Waals surface area contributed by atoms with E-state index in [2.05, 4.69) is 4.72 Å². The highest BCUT2D eigenvalue weighted by Crippen LogP contribution is 1.93. The minimum absolute atomic E-state index is 0.0493. The van der Waals surface area contributed by atoms with Gasteiger partial charge in [0, 0.05) is 0 Å². The van der Waals surface area contributed by atoms with Gasteiger partial charge in [0.25, 0.3) is 0 Å². The van der Waals surface area contributed by atoms with E-state index >= 15 is 0 Å². The molecule has 6 heteroatoms. The molecule has 0 saturated carbocycles. The van der Waals surface area contributed by atoms with Crippen LogP contribution >= 0.6 is 11.6 Å². The maximum atomic E-state index is 11.0. The molecule has 12 heavy (non-hydrogen) atoms. The summed E-state index contributed by atoms with van der Waals surface area (Å²) in [5.41, 5.74) is 0. The highest BCUT2D eigenvalue weighted by atomic mass is 35.5. The number of hydrogen-bond acceptors (Lipinski definition) is 3. The lowest BCUT2D eigenvalue weighted by molar-refractivity contribution is -0.110. The molecule has 0 unspecified atom stereocenters. The predicted octanol–water partition coefficient (Wildman–Crippen LogP) is 0.471. The Morgan fingerprint density at radius 3 is 2.50 bits per heavy atom. The number of sulfonamides is 1. The molecular weight excluding hydrogens is 202 g/mol. The summed E-state index contributed by atoms with van der Waals surface area (Å²) in [6.07, 6.45) is 1.39. The van der Waals surface area contributed by atoms with Crippen molar-refractivity contribution in [2.75, 3.05) is 12.3 Å². The molecule has 1 N–H and O–H groups in total. The first-order valence-electron chi connectivity index (χ1n) is 3.63. The van der Waals surface area contributed by atoms with Crippen LogP contribution in [-0.4, -0.2) is 26.0 Å². The molecule has 0 atom stereocenters. The van der Waals surface area contributed by atoms with Gasteiger partial charge in [0.05, 0.1) is 12.3 Å². The van der Waals surface area contributed by atoms with Gasteiger partial charge in [0.1, 0.15) is 0 Å². The van der Waals surface area contributed by atoms with Crippen molar-refractivity contribution >= 4 is 26.9 Å². The summed E-state index contributed by atoms with van der Waals surface area (Å²) in [7, 11) is -3.29. The Morgan fingerprint density at radius 2 is 2.08 bits per heavy atom. The Bertz CT molecular complexity index is 237. The second-order valence-corrected chi connectivity index (χ2v) is 4.70. The maximum absolute atomic E-state index is 11.0. The van der Waals surface area contributed by atoms with Crippen LogP contribution in [0.15, 0.2) is 0 Å². The Kier molecular flexibility index (Phi) is 5.44. The van der Waals surface area contributed by atoms with E-state index in [0.29, 0.717) is 6.42 Å². The zero-order valence-electron chi connectivity index (χ0n) is 6.84.